The molecule has 0 fully saturated rings. The van der Waals surface area contributed by atoms with E-state index < -0.39 is 5.25 Å². The lowest BCUT2D eigenvalue weighted by Crippen LogP contribution is -2.36. The Morgan fingerprint density at radius 1 is 1.26 bits per heavy atom. The Labute approximate surface area is 168 Å². The fraction of sp³-hybridized carbons (Fsp3) is 0.632. The number of carbonyl (C=O) groups is 2. The van der Waals surface area contributed by atoms with Crippen LogP contribution in [0.5, 0.6) is 0 Å². The maximum Gasteiger partial charge on any atom is 0.348 e. The molecule has 0 aliphatic carbocycles. The van der Waals surface area contributed by atoms with Gasteiger partial charge >= 0.3 is 11.9 Å². The van der Waals surface area contributed by atoms with Crippen LogP contribution in [0.15, 0.2) is 17.1 Å². The number of hydrogen-bond acceptors (Lipinski definition) is 8. The monoisotopic (exact) mass is 413 g/mol. The van der Waals surface area contributed by atoms with Gasteiger partial charge in [-0.3, -0.25) is 9.79 Å². The number of thioether (sulfide) groups is 1. The number of carbonyl (C=O) groups excluding carboxylic acids is 2. The molecular formula is C19H27NO5S2. The van der Waals surface area contributed by atoms with Crippen LogP contribution in [-0.4, -0.2) is 55.2 Å². The van der Waals surface area contributed by atoms with Gasteiger partial charge in [0.05, 0.1) is 26.9 Å². The van der Waals surface area contributed by atoms with E-state index in [4.69, 9.17) is 14.2 Å². The van der Waals surface area contributed by atoms with Gasteiger partial charge in [0.15, 0.2) is 5.25 Å². The average molecular weight is 414 g/mol. The SMILES string of the molecule is CCCCOC(=O)c1ccc(CCC2CN=C(OC)C(C(=O)OCC)S2)s1. The van der Waals surface area contributed by atoms with Crippen LogP contribution >= 0.6 is 23.1 Å². The van der Waals surface area contributed by atoms with Gasteiger partial charge in [0.1, 0.15) is 4.88 Å². The summed E-state index contributed by atoms with van der Waals surface area (Å²) >= 11 is 3.01. The molecule has 8 heteroatoms. The topological polar surface area (TPSA) is 74.2 Å². The molecule has 1 aromatic rings. The number of rotatable bonds is 9. The van der Waals surface area contributed by atoms with Crippen molar-refractivity contribution in [1.29, 1.82) is 0 Å². The third-order valence-corrected chi connectivity index (χ3v) is 6.58. The Morgan fingerprint density at radius 2 is 2.07 bits per heavy atom. The van der Waals surface area contributed by atoms with E-state index in [0.717, 1.165) is 30.6 Å². The van der Waals surface area contributed by atoms with Crippen LogP contribution in [0.4, 0.5) is 0 Å². The number of aliphatic imine (C=N–C) groups is 1. The number of thiophene rings is 1. The van der Waals surface area contributed by atoms with Gasteiger partial charge in [-0.1, -0.05) is 13.3 Å². The van der Waals surface area contributed by atoms with E-state index in [1.54, 1.807) is 18.7 Å². The smallest absolute Gasteiger partial charge is 0.348 e. The second-order valence-electron chi connectivity index (χ2n) is 6.07. The molecule has 0 saturated heterocycles. The van der Waals surface area contributed by atoms with Crippen molar-refractivity contribution < 1.29 is 23.8 Å². The third-order valence-electron chi connectivity index (χ3n) is 4.02. The zero-order valence-electron chi connectivity index (χ0n) is 16.1. The van der Waals surface area contributed by atoms with Crippen molar-refractivity contribution in [1.82, 2.24) is 0 Å². The first-order chi connectivity index (χ1) is 13.1. The summed E-state index contributed by atoms with van der Waals surface area (Å²) in [4.78, 5) is 30.3. The number of aryl methyl sites for hydroxylation is 1. The highest BCUT2D eigenvalue weighted by molar-refractivity contribution is 8.02. The molecule has 27 heavy (non-hydrogen) atoms. The largest absolute Gasteiger partial charge is 0.483 e. The van der Waals surface area contributed by atoms with Crippen LogP contribution in [0.1, 0.15) is 47.7 Å². The summed E-state index contributed by atoms with van der Waals surface area (Å²) in [6, 6.07) is 3.80. The van der Waals surface area contributed by atoms with Crippen molar-refractivity contribution >= 4 is 40.9 Å². The molecule has 0 saturated carbocycles. The van der Waals surface area contributed by atoms with Gasteiger partial charge in [-0.15, -0.1) is 23.1 Å². The molecule has 1 aliphatic heterocycles. The summed E-state index contributed by atoms with van der Waals surface area (Å²) in [5.41, 5.74) is 0. The summed E-state index contributed by atoms with van der Waals surface area (Å²) in [5, 5.41) is -0.290. The predicted octanol–water partition coefficient (Wildman–Crippen LogP) is 3.73. The molecule has 0 spiro atoms. The number of esters is 2. The molecule has 1 aliphatic rings. The third kappa shape index (κ3) is 6.53. The molecule has 0 radical (unpaired) electrons. The zero-order valence-corrected chi connectivity index (χ0v) is 17.7. The minimum atomic E-state index is -0.499. The van der Waals surface area contributed by atoms with Gasteiger partial charge in [-0.25, -0.2) is 4.79 Å². The minimum Gasteiger partial charge on any atom is -0.483 e. The maximum atomic E-state index is 12.1. The second-order valence-corrected chi connectivity index (χ2v) is 8.65. The molecule has 150 valence electrons. The van der Waals surface area contributed by atoms with Gasteiger partial charge in [-0.2, -0.15) is 0 Å². The molecule has 2 heterocycles. The summed E-state index contributed by atoms with van der Waals surface area (Å²) < 4.78 is 15.6. The molecular weight excluding hydrogens is 386 g/mol. The quantitative estimate of drug-likeness (QED) is 0.454. The summed E-state index contributed by atoms with van der Waals surface area (Å²) in [5.74, 6) is -0.118. The van der Waals surface area contributed by atoms with E-state index in [9.17, 15) is 9.59 Å². The molecule has 1 aromatic heterocycles. The van der Waals surface area contributed by atoms with E-state index in [1.165, 1.54) is 18.4 Å². The molecule has 0 bridgehead atoms. The predicted molar refractivity (Wildman–Crippen MR) is 109 cm³/mol. The van der Waals surface area contributed by atoms with Crippen molar-refractivity contribution in [3.05, 3.63) is 21.9 Å². The summed E-state index contributed by atoms with van der Waals surface area (Å²) in [7, 11) is 1.53. The summed E-state index contributed by atoms with van der Waals surface area (Å²) in [6.45, 7) is 5.27. The normalized spacial score (nSPS) is 19.3. The van der Waals surface area contributed by atoms with Crippen LogP contribution in [0.3, 0.4) is 0 Å². The van der Waals surface area contributed by atoms with Crippen LogP contribution in [0.2, 0.25) is 0 Å². The number of unbranched alkanes of at least 4 members (excludes halogenated alkanes) is 1. The summed E-state index contributed by atoms with van der Waals surface area (Å²) in [6.07, 6.45) is 3.58. The zero-order chi connectivity index (χ0) is 19.6. The standard InChI is InChI=1S/C19H27NO5S2/c1-4-6-11-25-18(21)15-10-9-13(26-15)7-8-14-12-20-17(23-3)16(27-14)19(22)24-5-2/h9-10,14,16H,4-8,11-12H2,1-3H3. The molecule has 2 atom stereocenters. The Morgan fingerprint density at radius 3 is 2.78 bits per heavy atom. The fourth-order valence-electron chi connectivity index (χ4n) is 2.58. The van der Waals surface area contributed by atoms with Crippen molar-refractivity contribution in [2.75, 3.05) is 26.9 Å². The molecule has 2 rings (SSSR count). The fourth-order valence-corrected chi connectivity index (χ4v) is 4.76. The highest BCUT2D eigenvalue weighted by Crippen LogP contribution is 2.30. The van der Waals surface area contributed by atoms with Crippen molar-refractivity contribution in [2.24, 2.45) is 4.99 Å². The molecule has 2 unspecified atom stereocenters. The van der Waals surface area contributed by atoms with Gasteiger partial charge < -0.3 is 14.2 Å². The van der Waals surface area contributed by atoms with E-state index in [-0.39, 0.29) is 17.2 Å². The van der Waals surface area contributed by atoms with Gasteiger partial charge in [0, 0.05) is 10.1 Å². The average Bonchev–Trinajstić information content (AvgIpc) is 3.15. The van der Waals surface area contributed by atoms with Crippen molar-refractivity contribution in [3.63, 3.8) is 0 Å². The lowest BCUT2D eigenvalue weighted by atomic mass is 10.2. The van der Waals surface area contributed by atoms with Gasteiger partial charge in [0.25, 0.3) is 0 Å². The molecule has 0 amide bonds. The van der Waals surface area contributed by atoms with Crippen LogP contribution < -0.4 is 0 Å². The number of methoxy groups -OCH3 is 1. The first-order valence-electron chi connectivity index (χ1n) is 9.25. The highest BCUT2D eigenvalue weighted by Gasteiger charge is 2.34. The minimum absolute atomic E-state index is 0.209. The molecule has 6 nitrogen and oxygen atoms in total. The Hall–Kier alpha value is -1.54. The van der Waals surface area contributed by atoms with Crippen LogP contribution in [0, 0.1) is 0 Å². The van der Waals surface area contributed by atoms with Gasteiger partial charge in [0.2, 0.25) is 5.90 Å². The number of ether oxygens (including phenoxy) is 3. The molecule has 0 aromatic carbocycles. The first-order valence-corrected chi connectivity index (χ1v) is 11.0. The Bertz CT molecular complexity index is 658. The van der Waals surface area contributed by atoms with Crippen molar-refractivity contribution in [3.8, 4) is 0 Å². The Balaban J connectivity index is 1.87. The van der Waals surface area contributed by atoms with Crippen molar-refractivity contribution in [2.45, 2.75) is 50.0 Å². The Kier molecular flexibility index (Phi) is 9.14. The maximum absolute atomic E-state index is 12.1. The highest BCUT2D eigenvalue weighted by atomic mass is 32.2. The van der Waals surface area contributed by atoms with Gasteiger partial charge in [-0.05, 0) is 38.3 Å². The lowest BCUT2D eigenvalue weighted by molar-refractivity contribution is -0.141. The van der Waals surface area contributed by atoms with E-state index >= 15 is 0 Å². The van der Waals surface area contributed by atoms with E-state index in [2.05, 4.69) is 11.9 Å². The second kappa shape index (κ2) is 11.3. The van der Waals surface area contributed by atoms with Crippen LogP contribution in [0.25, 0.3) is 0 Å². The number of nitrogens with zero attached hydrogens (tertiary/aromatic N) is 1. The first kappa shape index (κ1) is 21.8. The van der Waals surface area contributed by atoms with E-state index in [1.807, 2.05) is 12.1 Å². The number of hydrogen-bond donors (Lipinski definition) is 0. The van der Waals surface area contributed by atoms with E-state index in [0.29, 0.717) is 30.5 Å². The van der Waals surface area contributed by atoms with Crippen LogP contribution in [-0.2, 0) is 25.4 Å². The lowest BCUT2D eigenvalue weighted by Gasteiger charge is -2.26. The molecule has 0 N–H and O–H groups in total.